The van der Waals surface area contributed by atoms with Crippen molar-refractivity contribution in [3.05, 3.63) is 5.82 Å². The number of hydrogen-bond donors (Lipinski definition) is 2. The molecule has 0 aromatic carbocycles. The standard InChI is InChI=1S/C6H13N5/c1-7-4-5-8-6(10-9-5)11(2)3/h7H,4H2,1-3H3,(H,8,9,10). The van der Waals surface area contributed by atoms with Crippen LogP contribution in [-0.2, 0) is 6.54 Å². The topological polar surface area (TPSA) is 56.8 Å². The minimum atomic E-state index is 0.718. The molecular formula is C6H13N5. The normalized spacial score (nSPS) is 10.1. The summed E-state index contributed by atoms with van der Waals surface area (Å²) in [5.41, 5.74) is 0. The number of nitrogens with zero attached hydrogens (tertiary/aromatic N) is 3. The molecule has 0 aliphatic rings. The van der Waals surface area contributed by atoms with Gasteiger partial charge in [-0.2, -0.15) is 4.98 Å². The van der Waals surface area contributed by atoms with Crippen LogP contribution in [0.2, 0.25) is 0 Å². The molecule has 1 heterocycles. The van der Waals surface area contributed by atoms with Gasteiger partial charge in [0.1, 0.15) is 5.82 Å². The Bertz CT molecular complexity index is 217. The van der Waals surface area contributed by atoms with E-state index in [0.29, 0.717) is 0 Å². The summed E-state index contributed by atoms with van der Waals surface area (Å²) in [7, 11) is 5.69. The fourth-order valence-electron chi connectivity index (χ4n) is 0.732. The second-order valence-corrected chi connectivity index (χ2v) is 2.51. The van der Waals surface area contributed by atoms with Crippen LogP contribution in [0.25, 0.3) is 0 Å². The molecule has 0 radical (unpaired) electrons. The Kier molecular flexibility index (Phi) is 2.43. The summed E-state index contributed by atoms with van der Waals surface area (Å²) in [5, 5.41) is 9.79. The smallest absolute Gasteiger partial charge is 0.244 e. The molecule has 1 aromatic heterocycles. The summed E-state index contributed by atoms with van der Waals surface area (Å²) < 4.78 is 0. The van der Waals surface area contributed by atoms with E-state index < -0.39 is 0 Å². The van der Waals surface area contributed by atoms with E-state index in [9.17, 15) is 0 Å². The quantitative estimate of drug-likeness (QED) is 0.623. The third-order valence-corrected chi connectivity index (χ3v) is 1.26. The van der Waals surface area contributed by atoms with Crippen molar-refractivity contribution in [3.63, 3.8) is 0 Å². The summed E-state index contributed by atoms with van der Waals surface area (Å²) in [6.45, 7) is 0.723. The van der Waals surface area contributed by atoms with Gasteiger partial charge in [-0.25, -0.2) is 0 Å². The first kappa shape index (κ1) is 8.00. The van der Waals surface area contributed by atoms with Gasteiger partial charge in [0.05, 0.1) is 6.54 Å². The summed E-state index contributed by atoms with van der Waals surface area (Å²) in [6.07, 6.45) is 0. The Morgan fingerprint density at radius 2 is 2.27 bits per heavy atom. The highest BCUT2D eigenvalue weighted by Gasteiger charge is 2.01. The first-order valence-electron chi connectivity index (χ1n) is 3.47. The Labute approximate surface area is 65.8 Å². The number of anilines is 1. The third-order valence-electron chi connectivity index (χ3n) is 1.26. The van der Waals surface area contributed by atoms with Crippen LogP contribution in [0.15, 0.2) is 0 Å². The Balaban J connectivity index is 2.66. The van der Waals surface area contributed by atoms with Gasteiger partial charge in [-0.1, -0.05) is 0 Å². The zero-order valence-corrected chi connectivity index (χ0v) is 7.05. The fourth-order valence-corrected chi connectivity index (χ4v) is 0.732. The average molecular weight is 155 g/mol. The van der Waals surface area contributed by atoms with E-state index in [2.05, 4.69) is 20.5 Å². The van der Waals surface area contributed by atoms with E-state index in [1.165, 1.54) is 0 Å². The molecule has 0 unspecified atom stereocenters. The van der Waals surface area contributed by atoms with Crippen LogP contribution >= 0.6 is 0 Å². The highest BCUT2D eigenvalue weighted by Crippen LogP contribution is 2.00. The molecule has 0 amide bonds. The molecule has 0 atom stereocenters. The summed E-state index contributed by atoms with van der Waals surface area (Å²) >= 11 is 0. The van der Waals surface area contributed by atoms with Gasteiger partial charge < -0.3 is 10.2 Å². The van der Waals surface area contributed by atoms with Gasteiger partial charge >= 0.3 is 0 Å². The molecule has 11 heavy (non-hydrogen) atoms. The van der Waals surface area contributed by atoms with Crippen LogP contribution in [-0.4, -0.2) is 36.3 Å². The van der Waals surface area contributed by atoms with Crippen LogP contribution < -0.4 is 10.2 Å². The minimum absolute atomic E-state index is 0.718. The van der Waals surface area contributed by atoms with Crippen molar-refractivity contribution in [1.82, 2.24) is 20.5 Å². The van der Waals surface area contributed by atoms with Crippen molar-refractivity contribution in [2.45, 2.75) is 6.54 Å². The molecule has 1 aromatic rings. The number of hydrogen-bond acceptors (Lipinski definition) is 4. The second-order valence-electron chi connectivity index (χ2n) is 2.51. The molecule has 0 saturated carbocycles. The largest absolute Gasteiger partial charge is 0.346 e. The van der Waals surface area contributed by atoms with Gasteiger partial charge in [-0.3, -0.25) is 5.10 Å². The predicted octanol–water partition coefficient (Wildman–Crippen LogP) is -0.410. The van der Waals surface area contributed by atoms with Crippen molar-refractivity contribution >= 4 is 5.95 Å². The molecule has 2 N–H and O–H groups in total. The van der Waals surface area contributed by atoms with E-state index in [1.807, 2.05) is 26.0 Å². The van der Waals surface area contributed by atoms with Crippen molar-refractivity contribution in [1.29, 1.82) is 0 Å². The molecular weight excluding hydrogens is 142 g/mol. The average Bonchev–Trinajstić information content (AvgIpc) is 2.37. The van der Waals surface area contributed by atoms with Crippen LogP contribution in [0.1, 0.15) is 5.82 Å². The lowest BCUT2D eigenvalue weighted by atomic mass is 10.6. The predicted molar refractivity (Wildman–Crippen MR) is 43.5 cm³/mol. The van der Waals surface area contributed by atoms with Gasteiger partial charge in [0.2, 0.25) is 5.95 Å². The van der Waals surface area contributed by atoms with E-state index in [1.54, 1.807) is 0 Å². The van der Waals surface area contributed by atoms with Gasteiger partial charge in [0, 0.05) is 14.1 Å². The highest BCUT2D eigenvalue weighted by molar-refractivity contribution is 5.24. The van der Waals surface area contributed by atoms with Crippen molar-refractivity contribution in [3.8, 4) is 0 Å². The summed E-state index contributed by atoms with van der Waals surface area (Å²) in [5.74, 6) is 1.58. The van der Waals surface area contributed by atoms with Crippen LogP contribution in [0, 0.1) is 0 Å². The fraction of sp³-hybridized carbons (Fsp3) is 0.667. The number of H-pyrrole nitrogens is 1. The zero-order chi connectivity index (χ0) is 8.27. The monoisotopic (exact) mass is 155 g/mol. The van der Waals surface area contributed by atoms with Crippen LogP contribution in [0.3, 0.4) is 0 Å². The molecule has 0 spiro atoms. The SMILES string of the molecule is CNCc1nc(N(C)C)n[nH]1. The van der Waals surface area contributed by atoms with Gasteiger partial charge in [-0.05, 0) is 7.05 Å². The third kappa shape index (κ3) is 1.91. The van der Waals surface area contributed by atoms with Crippen molar-refractivity contribution < 1.29 is 0 Å². The van der Waals surface area contributed by atoms with Crippen LogP contribution in [0.4, 0.5) is 5.95 Å². The molecule has 0 saturated heterocycles. The number of aromatic amines is 1. The minimum Gasteiger partial charge on any atom is -0.346 e. The number of rotatable bonds is 3. The van der Waals surface area contributed by atoms with Crippen molar-refractivity contribution in [2.24, 2.45) is 0 Å². The molecule has 62 valence electrons. The zero-order valence-electron chi connectivity index (χ0n) is 7.05. The van der Waals surface area contributed by atoms with Gasteiger partial charge in [0.15, 0.2) is 0 Å². The first-order chi connectivity index (χ1) is 5.24. The Morgan fingerprint density at radius 3 is 2.73 bits per heavy atom. The Morgan fingerprint density at radius 1 is 1.55 bits per heavy atom. The Hall–Kier alpha value is -1.10. The molecule has 5 nitrogen and oxygen atoms in total. The van der Waals surface area contributed by atoms with Crippen molar-refractivity contribution in [2.75, 3.05) is 26.0 Å². The lowest BCUT2D eigenvalue weighted by Gasteiger charge is -2.03. The highest BCUT2D eigenvalue weighted by atomic mass is 15.3. The first-order valence-corrected chi connectivity index (χ1v) is 3.47. The molecule has 0 fully saturated rings. The van der Waals surface area contributed by atoms with Gasteiger partial charge in [0.25, 0.3) is 0 Å². The lowest BCUT2D eigenvalue weighted by molar-refractivity contribution is 0.763. The number of aromatic nitrogens is 3. The lowest BCUT2D eigenvalue weighted by Crippen LogP contribution is -2.11. The maximum Gasteiger partial charge on any atom is 0.244 e. The molecule has 0 bridgehead atoms. The summed E-state index contributed by atoms with van der Waals surface area (Å²) in [4.78, 5) is 6.05. The van der Waals surface area contributed by atoms with Crippen LogP contribution in [0.5, 0.6) is 0 Å². The van der Waals surface area contributed by atoms with E-state index in [0.717, 1.165) is 18.3 Å². The van der Waals surface area contributed by atoms with E-state index in [-0.39, 0.29) is 0 Å². The maximum atomic E-state index is 4.20. The van der Waals surface area contributed by atoms with Gasteiger partial charge in [-0.15, -0.1) is 5.10 Å². The maximum absolute atomic E-state index is 4.20. The number of nitrogens with one attached hydrogen (secondary N) is 2. The van der Waals surface area contributed by atoms with E-state index in [4.69, 9.17) is 0 Å². The molecule has 1 rings (SSSR count). The second kappa shape index (κ2) is 3.34. The molecule has 0 aliphatic heterocycles. The molecule has 0 aliphatic carbocycles. The van der Waals surface area contributed by atoms with E-state index >= 15 is 0 Å². The molecule has 5 heteroatoms. The summed E-state index contributed by atoms with van der Waals surface area (Å²) in [6, 6.07) is 0.